The fourth-order valence-electron chi connectivity index (χ4n) is 3.74. The van der Waals surface area contributed by atoms with Gasteiger partial charge in [-0.1, -0.05) is 0 Å². The average Bonchev–Trinajstić information content (AvgIpc) is 3.38. The molecular weight excluding hydrogens is 442 g/mol. The largest absolute Gasteiger partial charge is 1.00 e. The van der Waals surface area contributed by atoms with Gasteiger partial charge in [-0.2, -0.15) is 0 Å². The van der Waals surface area contributed by atoms with E-state index in [1.807, 2.05) is 0 Å². The molecule has 2 N–H and O–H groups in total. The van der Waals surface area contributed by atoms with Crippen LogP contribution in [0.1, 0.15) is 0 Å². The summed E-state index contributed by atoms with van der Waals surface area (Å²) >= 11 is 0. The van der Waals surface area contributed by atoms with Gasteiger partial charge in [-0.25, -0.2) is 19.6 Å². The molecule has 4 heterocycles. The molecule has 0 saturated heterocycles. The molecule has 14 heteroatoms. The summed E-state index contributed by atoms with van der Waals surface area (Å²) in [6.45, 7) is 2.40. The number of nitrogens with two attached hydrogens (primary N) is 1. The topological polar surface area (TPSA) is 140 Å². The fraction of sp³-hybridized carbons (Fsp3) is 0.444. The number of aromatic nitrogens is 8. The van der Waals surface area contributed by atoms with Crippen LogP contribution in [0, 0.1) is 0 Å². The van der Waals surface area contributed by atoms with E-state index in [-0.39, 0.29) is 23.5 Å². The maximum atomic E-state index is 12.5. The van der Waals surface area contributed by atoms with Gasteiger partial charge in [0.25, 0.3) is 11.1 Å². The molecule has 13 nitrogen and oxygen atoms in total. The molecule has 0 atom stereocenters. The van der Waals surface area contributed by atoms with E-state index in [1.54, 1.807) is 35.9 Å². The third-order valence-electron chi connectivity index (χ3n) is 5.58. The van der Waals surface area contributed by atoms with E-state index in [0.717, 1.165) is 9.13 Å². The molecule has 0 spiro atoms. The first kappa shape index (κ1) is 23.2. The Morgan fingerprint density at radius 1 is 0.688 bits per heavy atom. The Bertz CT molecular complexity index is 1430. The molecule has 0 unspecified atom stereocenters. The van der Waals surface area contributed by atoms with Crippen molar-refractivity contribution in [1.29, 1.82) is 0 Å². The number of hydrogen-bond acceptors (Lipinski definition) is 6. The molecule has 0 aliphatic heterocycles. The van der Waals surface area contributed by atoms with Gasteiger partial charge < -0.3 is 26.9 Å². The Labute approximate surface area is 186 Å². The van der Waals surface area contributed by atoms with Crippen molar-refractivity contribution in [1.82, 2.24) is 37.4 Å². The van der Waals surface area contributed by atoms with Crippen LogP contribution in [-0.2, 0) is 41.3 Å². The number of nitrogens with zero attached hydrogens (tertiary/aromatic N) is 8. The van der Waals surface area contributed by atoms with Gasteiger partial charge in [-0.05, 0) is 0 Å². The van der Waals surface area contributed by atoms with Gasteiger partial charge in [0.05, 0.1) is 38.8 Å². The third kappa shape index (κ3) is 3.48. The Kier molecular flexibility index (Phi) is 6.23. The zero-order chi connectivity index (χ0) is 22.4. The molecule has 0 bridgehead atoms. The van der Waals surface area contributed by atoms with Gasteiger partial charge in [0, 0.05) is 28.2 Å². The van der Waals surface area contributed by atoms with Crippen LogP contribution in [0.25, 0.3) is 22.3 Å². The lowest BCUT2D eigenvalue weighted by Crippen LogP contribution is -3.00. The second kappa shape index (κ2) is 8.59. The molecule has 0 aromatic carbocycles. The van der Waals surface area contributed by atoms with Crippen LogP contribution in [0.5, 0.6) is 0 Å². The summed E-state index contributed by atoms with van der Waals surface area (Å²) in [6, 6.07) is 0. The lowest BCUT2D eigenvalue weighted by atomic mass is 10.4. The fourth-order valence-corrected chi connectivity index (χ4v) is 3.74. The van der Waals surface area contributed by atoms with Crippen LogP contribution >= 0.6 is 0 Å². The quantitative estimate of drug-likeness (QED) is 0.281. The number of quaternary nitrogens is 1. The normalized spacial score (nSPS) is 11.4. The van der Waals surface area contributed by atoms with Crippen LogP contribution in [0.15, 0.2) is 31.8 Å². The van der Waals surface area contributed by atoms with E-state index in [1.165, 1.54) is 23.2 Å². The minimum absolute atomic E-state index is 0. The zero-order valence-corrected chi connectivity index (χ0v) is 18.9. The van der Waals surface area contributed by atoms with Gasteiger partial charge >= 0.3 is 11.4 Å². The van der Waals surface area contributed by atoms with Crippen molar-refractivity contribution >= 4 is 22.3 Å². The highest BCUT2D eigenvalue weighted by atomic mass is 35.5. The molecule has 172 valence electrons. The summed E-state index contributed by atoms with van der Waals surface area (Å²) in [5.41, 5.74) is -0.0650. The molecule has 0 saturated carbocycles. The lowest BCUT2D eigenvalue weighted by molar-refractivity contribution is -0.656. The highest BCUT2D eigenvalue weighted by Gasteiger charge is 2.15. The van der Waals surface area contributed by atoms with E-state index >= 15 is 0 Å². The first-order valence-corrected chi connectivity index (χ1v) is 9.77. The predicted molar refractivity (Wildman–Crippen MR) is 112 cm³/mol. The van der Waals surface area contributed by atoms with Crippen LogP contribution in [0.2, 0.25) is 0 Å². The number of aryl methyl sites for hydroxylation is 2. The number of hydrogen-bond donors (Lipinski definition) is 1. The van der Waals surface area contributed by atoms with Gasteiger partial charge in [0.2, 0.25) is 0 Å². The van der Waals surface area contributed by atoms with Crippen molar-refractivity contribution in [3.63, 3.8) is 0 Å². The average molecular weight is 466 g/mol. The second-order valence-electron chi connectivity index (χ2n) is 7.50. The SMILES string of the molecule is Cn1c(=O)c2c(ncn2CC[NH2+]CCn2cnc3c2c(=O)n(C)c(=O)n3C)n(C)c1=O.[Cl-]. The molecule has 0 amide bonds. The monoisotopic (exact) mass is 465 g/mol. The van der Waals surface area contributed by atoms with Crippen molar-refractivity contribution in [3.05, 3.63) is 54.3 Å². The molecular formula is C18H24ClN9O4. The first-order valence-electron chi connectivity index (χ1n) is 9.77. The molecule has 0 aliphatic rings. The van der Waals surface area contributed by atoms with E-state index in [0.29, 0.717) is 48.5 Å². The van der Waals surface area contributed by atoms with E-state index in [9.17, 15) is 19.2 Å². The van der Waals surface area contributed by atoms with E-state index in [4.69, 9.17) is 0 Å². The van der Waals surface area contributed by atoms with Gasteiger partial charge in [0.15, 0.2) is 22.3 Å². The first-order chi connectivity index (χ1) is 14.7. The zero-order valence-electron chi connectivity index (χ0n) is 18.1. The summed E-state index contributed by atoms with van der Waals surface area (Å²) in [4.78, 5) is 57.4. The van der Waals surface area contributed by atoms with Crippen molar-refractivity contribution in [2.24, 2.45) is 28.2 Å². The Balaban J connectivity index is 0.00000289. The summed E-state index contributed by atoms with van der Waals surface area (Å²) in [5.74, 6) is 0. The van der Waals surface area contributed by atoms with E-state index < -0.39 is 11.4 Å². The number of halogens is 1. The van der Waals surface area contributed by atoms with Crippen LogP contribution in [0.4, 0.5) is 0 Å². The molecule has 0 fully saturated rings. The number of rotatable bonds is 6. The molecule has 4 aromatic heterocycles. The molecule has 4 aromatic rings. The van der Waals surface area contributed by atoms with Crippen molar-refractivity contribution < 1.29 is 17.7 Å². The molecule has 32 heavy (non-hydrogen) atoms. The Morgan fingerprint density at radius 2 is 1.06 bits per heavy atom. The van der Waals surface area contributed by atoms with Crippen molar-refractivity contribution in [3.8, 4) is 0 Å². The number of fused-ring (bicyclic) bond motifs is 2. The minimum Gasteiger partial charge on any atom is -1.00 e. The summed E-state index contributed by atoms with van der Waals surface area (Å²) < 4.78 is 8.34. The summed E-state index contributed by atoms with van der Waals surface area (Å²) in [6.07, 6.45) is 3.12. The van der Waals surface area contributed by atoms with Crippen molar-refractivity contribution in [2.45, 2.75) is 13.1 Å². The summed E-state index contributed by atoms with van der Waals surface area (Å²) in [5, 5.41) is 2.05. The highest BCUT2D eigenvalue weighted by molar-refractivity contribution is 5.70. The summed E-state index contributed by atoms with van der Waals surface area (Å²) in [7, 11) is 6.07. The molecule has 4 rings (SSSR count). The maximum Gasteiger partial charge on any atom is 0.332 e. The van der Waals surface area contributed by atoms with Gasteiger partial charge in [-0.15, -0.1) is 0 Å². The highest BCUT2D eigenvalue weighted by Crippen LogP contribution is 2.05. The second-order valence-corrected chi connectivity index (χ2v) is 7.50. The molecule has 0 radical (unpaired) electrons. The smallest absolute Gasteiger partial charge is 0.332 e. The molecule has 0 aliphatic carbocycles. The van der Waals surface area contributed by atoms with Crippen molar-refractivity contribution in [2.75, 3.05) is 13.1 Å². The van der Waals surface area contributed by atoms with Gasteiger partial charge in [0.1, 0.15) is 0 Å². The van der Waals surface area contributed by atoms with Crippen LogP contribution in [0.3, 0.4) is 0 Å². The maximum absolute atomic E-state index is 12.5. The predicted octanol–water partition coefficient (Wildman–Crippen LogP) is -6.55. The van der Waals surface area contributed by atoms with Crippen LogP contribution < -0.4 is 40.2 Å². The number of imidazole rings is 2. The minimum atomic E-state index is -0.412. The standard InChI is InChI=1S/C18H23N9O4.ClH/c1-22-13-11(15(28)24(3)17(22)30)26(9-20-13)7-5-19-6-8-27-10-21-14-12(27)16(29)25(4)18(31)23(14)2;/h9-10,19H,5-8H2,1-4H3;1H. The van der Waals surface area contributed by atoms with E-state index in [2.05, 4.69) is 15.3 Å². The Hall–Kier alpha value is -3.45. The Morgan fingerprint density at radius 3 is 1.44 bits per heavy atom. The van der Waals surface area contributed by atoms with Gasteiger partial charge in [-0.3, -0.25) is 27.9 Å². The third-order valence-corrected chi connectivity index (χ3v) is 5.58. The lowest BCUT2D eigenvalue weighted by Gasteiger charge is -2.08. The van der Waals surface area contributed by atoms with Crippen LogP contribution in [-0.4, -0.2) is 50.5 Å².